The van der Waals surface area contributed by atoms with Gasteiger partial charge in [0.15, 0.2) is 0 Å². The number of aromatic amines is 2. The predicted octanol–water partition coefficient (Wildman–Crippen LogP) is 1.41. The van der Waals surface area contributed by atoms with E-state index in [4.69, 9.17) is 0 Å². The van der Waals surface area contributed by atoms with Crippen LogP contribution in [0.5, 0.6) is 0 Å². The molecule has 2 aromatic heterocycles. The van der Waals surface area contributed by atoms with E-state index < -0.39 is 10.0 Å². The Bertz CT molecular complexity index is 806. The van der Waals surface area contributed by atoms with Gasteiger partial charge >= 0.3 is 0 Å². The van der Waals surface area contributed by atoms with Crippen LogP contribution in [0.4, 0.5) is 0 Å². The molecule has 0 aliphatic carbocycles. The maximum absolute atomic E-state index is 11.9. The van der Waals surface area contributed by atoms with E-state index >= 15 is 0 Å². The Morgan fingerprint density at radius 3 is 2.85 bits per heavy atom. The molecular weight excluding hydrogens is 276 g/mol. The first-order valence-corrected chi connectivity index (χ1v) is 7.68. The second-order valence-corrected chi connectivity index (χ2v) is 6.21. The molecule has 0 unspecified atom stereocenters. The summed E-state index contributed by atoms with van der Waals surface area (Å²) in [4.78, 5) is 3.32. The van der Waals surface area contributed by atoms with Crippen LogP contribution < -0.4 is 4.72 Å². The fraction of sp³-hybridized carbons (Fsp3) is 0.154. The normalized spacial score (nSPS) is 12.0. The zero-order valence-corrected chi connectivity index (χ0v) is 11.4. The summed E-state index contributed by atoms with van der Waals surface area (Å²) in [5, 5.41) is 7.25. The van der Waals surface area contributed by atoms with Gasteiger partial charge in [-0.2, -0.15) is 5.10 Å². The van der Waals surface area contributed by atoms with Crippen molar-refractivity contribution >= 4 is 20.9 Å². The van der Waals surface area contributed by atoms with Gasteiger partial charge in [0.2, 0.25) is 10.0 Å². The molecule has 20 heavy (non-hydrogen) atoms. The van der Waals surface area contributed by atoms with Crippen LogP contribution in [0.2, 0.25) is 0 Å². The fourth-order valence-electron chi connectivity index (χ4n) is 2.13. The SMILES string of the molecule is O=S(=O)(NCCc1c[nH]c2ccccc12)c1cn[nH]c1. The third-order valence-corrected chi connectivity index (χ3v) is 4.57. The van der Waals surface area contributed by atoms with Crippen molar-refractivity contribution in [2.45, 2.75) is 11.3 Å². The summed E-state index contributed by atoms with van der Waals surface area (Å²) >= 11 is 0. The molecule has 0 saturated carbocycles. The van der Waals surface area contributed by atoms with Gasteiger partial charge in [0.25, 0.3) is 0 Å². The van der Waals surface area contributed by atoms with Crippen LogP contribution in [0.3, 0.4) is 0 Å². The summed E-state index contributed by atoms with van der Waals surface area (Å²) in [6, 6.07) is 7.94. The Morgan fingerprint density at radius 2 is 2.05 bits per heavy atom. The van der Waals surface area contributed by atoms with Crippen LogP contribution in [0.1, 0.15) is 5.56 Å². The summed E-state index contributed by atoms with van der Waals surface area (Å²) in [6.07, 6.45) is 5.18. The average Bonchev–Trinajstić information content (AvgIpc) is 3.08. The summed E-state index contributed by atoms with van der Waals surface area (Å²) in [6.45, 7) is 0.343. The lowest BCUT2D eigenvalue weighted by Crippen LogP contribution is -2.25. The number of fused-ring (bicyclic) bond motifs is 1. The molecule has 1 aromatic carbocycles. The Labute approximate surface area is 116 Å². The van der Waals surface area contributed by atoms with Crippen molar-refractivity contribution < 1.29 is 8.42 Å². The van der Waals surface area contributed by atoms with E-state index in [1.165, 1.54) is 12.4 Å². The van der Waals surface area contributed by atoms with Crippen LogP contribution in [-0.2, 0) is 16.4 Å². The number of hydrogen-bond acceptors (Lipinski definition) is 3. The number of sulfonamides is 1. The molecule has 6 nitrogen and oxygen atoms in total. The maximum Gasteiger partial charge on any atom is 0.243 e. The van der Waals surface area contributed by atoms with Crippen molar-refractivity contribution in [3.8, 4) is 0 Å². The first-order chi connectivity index (χ1) is 9.67. The van der Waals surface area contributed by atoms with Crippen LogP contribution in [0.25, 0.3) is 10.9 Å². The number of H-pyrrole nitrogens is 2. The highest BCUT2D eigenvalue weighted by molar-refractivity contribution is 7.89. The molecule has 0 aliphatic heterocycles. The van der Waals surface area contributed by atoms with Crippen LogP contribution in [0, 0.1) is 0 Å². The molecular formula is C13H14N4O2S. The molecule has 0 aliphatic rings. The second kappa shape index (κ2) is 5.10. The number of nitrogens with one attached hydrogen (secondary N) is 3. The van der Waals surface area contributed by atoms with E-state index in [2.05, 4.69) is 19.9 Å². The molecule has 0 fully saturated rings. The smallest absolute Gasteiger partial charge is 0.243 e. The Kier molecular flexibility index (Phi) is 3.29. The molecule has 0 radical (unpaired) electrons. The molecule has 0 saturated heterocycles. The lowest BCUT2D eigenvalue weighted by molar-refractivity contribution is 0.582. The Morgan fingerprint density at radius 1 is 1.20 bits per heavy atom. The lowest BCUT2D eigenvalue weighted by atomic mass is 10.1. The highest BCUT2D eigenvalue weighted by atomic mass is 32.2. The molecule has 0 amide bonds. The minimum atomic E-state index is -3.48. The standard InChI is InChI=1S/C13H14N4O2S/c18-20(19,11-8-15-16-9-11)17-6-5-10-7-14-13-4-2-1-3-12(10)13/h1-4,7-9,14,17H,5-6H2,(H,15,16). The van der Waals surface area contributed by atoms with Crippen molar-refractivity contribution in [2.24, 2.45) is 0 Å². The lowest BCUT2D eigenvalue weighted by Gasteiger charge is -2.04. The largest absolute Gasteiger partial charge is 0.361 e. The minimum absolute atomic E-state index is 0.149. The van der Waals surface area contributed by atoms with Crippen molar-refractivity contribution in [2.75, 3.05) is 6.54 Å². The fourth-order valence-corrected chi connectivity index (χ4v) is 3.06. The number of nitrogens with zero attached hydrogens (tertiary/aromatic N) is 1. The first kappa shape index (κ1) is 12.9. The van der Waals surface area contributed by atoms with Crippen LogP contribution in [0.15, 0.2) is 47.8 Å². The van der Waals surface area contributed by atoms with Gasteiger partial charge < -0.3 is 4.98 Å². The van der Waals surface area contributed by atoms with E-state index in [1.54, 1.807) is 0 Å². The van der Waals surface area contributed by atoms with Crippen LogP contribution in [-0.4, -0.2) is 30.1 Å². The summed E-state index contributed by atoms with van der Waals surface area (Å²) < 4.78 is 26.4. The van der Waals surface area contributed by atoms with E-state index in [0.29, 0.717) is 13.0 Å². The zero-order chi connectivity index (χ0) is 14.0. The van der Waals surface area contributed by atoms with Gasteiger partial charge in [0, 0.05) is 29.8 Å². The Hall–Kier alpha value is -2.12. The van der Waals surface area contributed by atoms with Gasteiger partial charge in [-0.05, 0) is 18.1 Å². The van der Waals surface area contributed by atoms with Crippen LogP contribution >= 0.6 is 0 Å². The van der Waals surface area contributed by atoms with E-state index in [9.17, 15) is 8.42 Å². The van der Waals surface area contributed by atoms with E-state index in [1.807, 2.05) is 30.5 Å². The van der Waals surface area contributed by atoms with Gasteiger partial charge in [-0.3, -0.25) is 5.10 Å². The quantitative estimate of drug-likeness (QED) is 0.663. The van der Waals surface area contributed by atoms with Crippen molar-refractivity contribution in [1.82, 2.24) is 19.9 Å². The van der Waals surface area contributed by atoms with Gasteiger partial charge in [0.05, 0.1) is 6.20 Å². The topological polar surface area (TPSA) is 90.6 Å². The third-order valence-electron chi connectivity index (χ3n) is 3.14. The summed E-state index contributed by atoms with van der Waals surface area (Å²) in [5.41, 5.74) is 2.15. The number of aromatic nitrogens is 3. The predicted molar refractivity (Wildman–Crippen MR) is 75.8 cm³/mol. The highest BCUT2D eigenvalue weighted by Crippen LogP contribution is 2.17. The van der Waals surface area contributed by atoms with Gasteiger partial charge in [-0.1, -0.05) is 18.2 Å². The highest BCUT2D eigenvalue weighted by Gasteiger charge is 2.14. The number of benzene rings is 1. The number of hydrogen-bond donors (Lipinski definition) is 3. The van der Waals surface area contributed by atoms with Crippen molar-refractivity contribution in [3.63, 3.8) is 0 Å². The molecule has 3 aromatic rings. The monoisotopic (exact) mass is 290 g/mol. The zero-order valence-electron chi connectivity index (χ0n) is 10.6. The third kappa shape index (κ3) is 2.45. The average molecular weight is 290 g/mol. The first-order valence-electron chi connectivity index (χ1n) is 6.20. The molecule has 0 spiro atoms. The summed E-state index contributed by atoms with van der Waals surface area (Å²) in [5.74, 6) is 0. The molecule has 3 rings (SSSR count). The molecule has 104 valence electrons. The number of para-hydroxylation sites is 1. The molecule has 3 N–H and O–H groups in total. The molecule has 0 atom stereocenters. The molecule has 7 heteroatoms. The Balaban J connectivity index is 1.69. The van der Waals surface area contributed by atoms with Gasteiger partial charge in [0.1, 0.15) is 4.90 Å². The van der Waals surface area contributed by atoms with E-state index in [-0.39, 0.29) is 4.90 Å². The van der Waals surface area contributed by atoms with E-state index in [0.717, 1.165) is 16.5 Å². The molecule has 2 heterocycles. The van der Waals surface area contributed by atoms with Gasteiger partial charge in [-0.25, -0.2) is 13.1 Å². The molecule has 0 bridgehead atoms. The van der Waals surface area contributed by atoms with Gasteiger partial charge in [-0.15, -0.1) is 0 Å². The minimum Gasteiger partial charge on any atom is -0.361 e. The number of rotatable bonds is 5. The second-order valence-electron chi connectivity index (χ2n) is 4.44. The van der Waals surface area contributed by atoms with Crippen molar-refractivity contribution in [1.29, 1.82) is 0 Å². The summed E-state index contributed by atoms with van der Waals surface area (Å²) in [7, 11) is -3.48. The maximum atomic E-state index is 11.9. The van der Waals surface area contributed by atoms with Crippen molar-refractivity contribution in [3.05, 3.63) is 48.4 Å².